The first-order chi connectivity index (χ1) is 11.7. The molecule has 0 aromatic rings. The predicted octanol–water partition coefficient (Wildman–Crippen LogP) is 0.625. The van der Waals surface area contributed by atoms with Crippen molar-refractivity contribution in [3.05, 3.63) is 0 Å². The van der Waals surface area contributed by atoms with E-state index in [1.54, 1.807) is 0 Å². The molecule has 1 saturated carbocycles. The molecule has 1 amide bonds. The molecule has 0 spiro atoms. The summed E-state index contributed by atoms with van der Waals surface area (Å²) in [5.74, 6) is -1.77. The summed E-state index contributed by atoms with van der Waals surface area (Å²) in [5.41, 5.74) is -0.934. The van der Waals surface area contributed by atoms with E-state index in [0.29, 0.717) is 32.0 Å². The molecule has 144 valence electrons. The first-order valence-electron chi connectivity index (χ1n) is 8.80. The Morgan fingerprint density at radius 3 is 2.32 bits per heavy atom. The number of sulfonamides is 1. The lowest BCUT2D eigenvalue weighted by Crippen LogP contribution is -2.55. The van der Waals surface area contributed by atoms with Gasteiger partial charge in [-0.1, -0.05) is 6.92 Å². The van der Waals surface area contributed by atoms with Gasteiger partial charge in [0.1, 0.15) is 5.75 Å². The third kappa shape index (κ3) is 6.56. The topological polar surface area (TPSA) is 122 Å². The molecule has 0 unspecified atom stereocenters. The molecular weight excluding hydrogens is 348 g/mol. The summed E-state index contributed by atoms with van der Waals surface area (Å²) in [6.45, 7) is 2.84. The van der Waals surface area contributed by atoms with Gasteiger partial charge in [0, 0.05) is 19.3 Å². The summed E-state index contributed by atoms with van der Waals surface area (Å²) >= 11 is 0. The fourth-order valence-electron chi connectivity index (χ4n) is 3.58. The van der Waals surface area contributed by atoms with Gasteiger partial charge in [0.15, 0.2) is 0 Å². The fraction of sp³-hybridized carbons (Fsp3) is 0.875. The molecule has 0 radical (unpaired) electrons. The van der Waals surface area contributed by atoms with Crippen molar-refractivity contribution in [1.29, 1.82) is 0 Å². The second kappa shape index (κ2) is 8.46. The lowest BCUT2D eigenvalue weighted by Gasteiger charge is -2.36. The van der Waals surface area contributed by atoms with Crippen molar-refractivity contribution >= 4 is 21.9 Å². The molecule has 2 aliphatic rings. The molecule has 1 aliphatic carbocycles. The molecule has 1 heterocycles. The standard InChI is InChI=1S/C16H28N2O6S/c1-12-2-4-13(5-3-12)18-25(22,23)11-14(19)17-16(10-15(20)21)6-8-24-9-7-16/h12-13,18H,2-11H2,1H3,(H,17,19)(H,20,21). The first kappa shape index (κ1) is 20.1. The minimum Gasteiger partial charge on any atom is -0.481 e. The van der Waals surface area contributed by atoms with Crippen molar-refractivity contribution in [3.8, 4) is 0 Å². The molecule has 1 saturated heterocycles. The Balaban J connectivity index is 1.91. The zero-order valence-electron chi connectivity index (χ0n) is 14.6. The predicted molar refractivity (Wildman–Crippen MR) is 91.5 cm³/mol. The number of hydrogen-bond donors (Lipinski definition) is 3. The van der Waals surface area contributed by atoms with Crippen LogP contribution in [0.1, 0.15) is 51.9 Å². The SMILES string of the molecule is CC1CCC(NS(=O)(=O)CC(=O)NC2(CC(=O)O)CCOCC2)CC1. The van der Waals surface area contributed by atoms with Gasteiger partial charge in [-0.2, -0.15) is 0 Å². The lowest BCUT2D eigenvalue weighted by atomic mass is 9.86. The number of carbonyl (C=O) groups excluding carboxylic acids is 1. The Hall–Kier alpha value is -1.19. The minimum atomic E-state index is -3.74. The van der Waals surface area contributed by atoms with Crippen LogP contribution in [0.25, 0.3) is 0 Å². The van der Waals surface area contributed by atoms with E-state index in [4.69, 9.17) is 9.84 Å². The number of carbonyl (C=O) groups is 2. The van der Waals surface area contributed by atoms with Gasteiger partial charge < -0.3 is 15.2 Å². The van der Waals surface area contributed by atoms with Gasteiger partial charge in [0.25, 0.3) is 0 Å². The third-order valence-corrected chi connectivity index (χ3v) is 6.36. The van der Waals surface area contributed by atoms with E-state index in [1.807, 2.05) is 0 Å². The van der Waals surface area contributed by atoms with Gasteiger partial charge in [-0.25, -0.2) is 13.1 Å². The molecule has 0 bridgehead atoms. The van der Waals surface area contributed by atoms with Crippen LogP contribution < -0.4 is 10.0 Å². The molecule has 25 heavy (non-hydrogen) atoms. The Morgan fingerprint density at radius 1 is 1.16 bits per heavy atom. The molecule has 3 N–H and O–H groups in total. The van der Waals surface area contributed by atoms with Crippen LogP contribution in [0, 0.1) is 5.92 Å². The van der Waals surface area contributed by atoms with Gasteiger partial charge >= 0.3 is 5.97 Å². The quantitative estimate of drug-likeness (QED) is 0.599. The Morgan fingerprint density at radius 2 is 1.76 bits per heavy atom. The Kier molecular flexibility index (Phi) is 6.81. The van der Waals surface area contributed by atoms with E-state index in [0.717, 1.165) is 25.7 Å². The highest BCUT2D eigenvalue weighted by atomic mass is 32.2. The normalized spacial score (nSPS) is 26.8. The van der Waals surface area contributed by atoms with E-state index in [2.05, 4.69) is 17.0 Å². The lowest BCUT2D eigenvalue weighted by molar-refractivity contribution is -0.140. The van der Waals surface area contributed by atoms with Crippen molar-refractivity contribution in [2.75, 3.05) is 19.0 Å². The van der Waals surface area contributed by atoms with E-state index in [9.17, 15) is 18.0 Å². The average Bonchev–Trinajstić information content (AvgIpc) is 2.48. The second-order valence-corrected chi connectivity index (χ2v) is 9.10. The fourth-order valence-corrected chi connectivity index (χ4v) is 4.82. The first-order valence-corrected chi connectivity index (χ1v) is 10.5. The maximum absolute atomic E-state index is 12.2. The van der Waals surface area contributed by atoms with Crippen molar-refractivity contribution in [2.45, 2.75) is 63.5 Å². The van der Waals surface area contributed by atoms with Crippen LogP contribution in [0.15, 0.2) is 0 Å². The summed E-state index contributed by atoms with van der Waals surface area (Å²) in [5, 5.41) is 11.7. The highest BCUT2D eigenvalue weighted by Crippen LogP contribution is 2.25. The third-order valence-electron chi connectivity index (χ3n) is 5.03. The molecule has 0 aromatic heterocycles. The van der Waals surface area contributed by atoms with Crippen LogP contribution in [0.3, 0.4) is 0 Å². The zero-order chi connectivity index (χ0) is 18.5. The van der Waals surface area contributed by atoms with E-state index < -0.39 is 33.2 Å². The van der Waals surface area contributed by atoms with Gasteiger partial charge in [0.05, 0.1) is 12.0 Å². The largest absolute Gasteiger partial charge is 0.481 e. The Bertz CT molecular complexity index is 577. The summed E-state index contributed by atoms with van der Waals surface area (Å²) in [7, 11) is -3.74. The van der Waals surface area contributed by atoms with Gasteiger partial charge in [-0.3, -0.25) is 9.59 Å². The van der Waals surface area contributed by atoms with Crippen LogP contribution in [-0.2, 0) is 24.3 Å². The minimum absolute atomic E-state index is 0.120. The molecule has 0 aromatic carbocycles. The molecule has 1 aliphatic heterocycles. The smallest absolute Gasteiger partial charge is 0.305 e. The van der Waals surface area contributed by atoms with Crippen molar-refractivity contribution < 1.29 is 27.9 Å². The number of hydrogen-bond acceptors (Lipinski definition) is 5. The van der Waals surface area contributed by atoms with Crippen LogP contribution >= 0.6 is 0 Å². The van der Waals surface area contributed by atoms with Crippen LogP contribution in [-0.4, -0.2) is 55.9 Å². The summed E-state index contributed by atoms with van der Waals surface area (Å²) < 4.78 is 32.3. The number of ether oxygens (including phenoxy) is 1. The number of nitrogens with one attached hydrogen (secondary N) is 2. The van der Waals surface area contributed by atoms with Crippen LogP contribution in [0.4, 0.5) is 0 Å². The van der Waals surface area contributed by atoms with Crippen molar-refractivity contribution in [2.24, 2.45) is 5.92 Å². The van der Waals surface area contributed by atoms with Crippen LogP contribution in [0.5, 0.6) is 0 Å². The maximum atomic E-state index is 12.2. The van der Waals surface area contributed by atoms with Crippen molar-refractivity contribution in [3.63, 3.8) is 0 Å². The molecule has 8 nitrogen and oxygen atoms in total. The van der Waals surface area contributed by atoms with Crippen molar-refractivity contribution in [1.82, 2.24) is 10.0 Å². The number of amides is 1. The van der Waals surface area contributed by atoms with E-state index in [1.165, 1.54) is 0 Å². The second-order valence-electron chi connectivity index (χ2n) is 7.35. The number of aliphatic carboxylic acids is 1. The highest BCUT2D eigenvalue weighted by molar-refractivity contribution is 7.90. The average molecular weight is 376 g/mol. The monoisotopic (exact) mass is 376 g/mol. The summed E-state index contributed by atoms with van der Waals surface area (Å²) in [6.07, 6.45) is 3.99. The molecular formula is C16H28N2O6S. The van der Waals surface area contributed by atoms with Crippen LogP contribution in [0.2, 0.25) is 0 Å². The maximum Gasteiger partial charge on any atom is 0.305 e. The summed E-state index contributed by atoms with van der Waals surface area (Å²) in [4.78, 5) is 23.3. The number of rotatable bonds is 7. The van der Waals surface area contributed by atoms with Gasteiger partial charge in [-0.15, -0.1) is 0 Å². The van der Waals surface area contributed by atoms with E-state index >= 15 is 0 Å². The molecule has 2 rings (SSSR count). The Labute approximate surface area is 148 Å². The number of carboxylic acids is 1. The highest BCUT2D eigenvalue weighted by Gasteiger charge is 2.37. The zero-order valence-corrected chi connectivity index (χ0v) is 15.4. The summed E-state index contributed by atoms with van der Waals surface area (Å²) in [6, 6.07) is -0.120. The number of carboxylic acid groups (broad SMARTS) is 1. The molecule has 2 fully saturated rings. The van der Waals surface area contributed by atoms with Gasteiger partial charge in [-0.05, 0) is 44.4 Å². The molecule has 9 heteroatoms. The van der Waals surface area contributed by atoms with Gasteiger partial charge in [0.2, 0.25) is 15.9 Å². The molecule has 0 atom stereocenters. The van der Waals surface area contributed by atoms with E-state index in [-0.39, 0.29) is 12.5 Å².